The first-order valence-corrected chi connectivity index (χ1v) is 10.9. The molecule has 0 N–H and O–H groups in total. The van der Waals surface area contributed by atoms with Gasteiger partial charge in [0.15, 0.2) is 9.84 Å². The minimum Gasteiger partial charge on any atom is -0.301 e. The third kappa shape index (κ3) is 4.19. The van der Waals surface area contributed by atoms with Crippen molar-refractivity contribution < 1.29 is 8.42 Å². The first kappa shape index (κ1) is 17.9. The van der Waals surface area contributed by atoms with Crippen LogP contribution in [-0.2, 0) is 9.84 Å². The van der Waals surface area contributed by atoms with E-state index in [-0.39, 0.29) is 5.75 Å². The van der Waals surface area contributed by atoms with E-state index in [1.54, 1.807) is 12.1 Å². The smallest absolute Gasteiger partial charge is 0.179 e. The van der Waals surface area contributed by atoms with E-state index >= 15 is 0 Å². The molecule has 0 spiro atoms. The van der Waals surface area contributed by atoms with Crippen LogP contribution in [0.2, 0.25) is 0 Å². The molecule has 1 heterocycles. The summed E-state index contributed by atoms with van der Waals surface area (Å²) in [6.07, 6.45) is 4.15. The van der Waals surface area contributed by atoms with Crippen molar-refractivity contribution in [3.63, 3.8) is 0 Å². The van der Waals surface area contributed by atoms with Gasteiger partial charge in [-0.25, -0.2) is 8.42 Å². The Morgan fingerprint density at radius 1 is 1.17 bits per heavy atom. The number of sulfone groups is 1. The van der Waals surface area contributed by atoms with Crippen LogP contribution in [0.25, 0.3) is 0 Å². The summed E-state index contributed by atoms with van der Waals surface area (Å²) in [7, 11) is -3.18. The van der Waals surface area contributed by atoms with Crippen LogP contribution in [0.4, 0.5) is 0 Å². The van der Waals surface area contributed by atoms with E-state index in [4.69, 9.17) is 0 Å². The number of aryl methyl sites for hydroxylation is 1. The predicted molar refractivity (Wildman–Crippen MR) is 98.0 cm³/mol. The van der Waals surface area contributed by atoms with E-state index in [0.29, 0.717) is 11.4 Å². The van der Waals surface area contributed by atoms with Crippen molar-refractivity contribution in [2.75, 3.05) is 38.5 Å². The van der Waals surface area contributed by atoms with E-state index < -0.39 is 9.84 Å². The molecular formula is C19H30N2O2S. The number of benzene rings is 1. The highest BCUT2D eigenvalue weighted by Crippen LogP contribution is 2.36. The minimum atomic E-state index is -3.18. The molecule has 1 aliphatic heterocycles. The zero-order chi connectivity index (χ0) is 17.2. The highest BCUT2D eigenvalue weighted by Gasteiger charge is 2.37. The molecule has 2 atom stereocenters. The molecule has 5 heteroatoms. The maximum absolute atomic E-state index is 12.5. The molecule has 2 aliphatic rings. The lowest BCUT2D eigenvalue weighted by Crippen LogP contribution is -2.40. The lowest BCUT2D eigenvalue weighted by atomic mass is 10.1. The molecule has 0 aromatic heterocycles. The summed E-state index contributed by atoms with van der Waals surface area (Å²) in [5.74, 6) is 1.13. The molecule has 1 aromatic rings. The lowest BCUT2D eigenvalue weighted by molar-refractivity contribution is 0.178. The van der Waals surface area contributed by atoms with Crippen molar-refractivity contribution in [2.45, 2.75) is 44.0 Å². The topological polar surface area (TPSA) is 40.6 Å². The molecule has 2 fully saturated rings. The zero-order valence-corrected chi connectivity index (χ0v) is 15.8. The molecule has 1 aliphatic carbocycles. The average Bonchev–Trinajstić information content (AvgIpc) is 3.18. The summed E-state index contributed by atoms with van der Waals surface area (Å²) in [5.41, 5.74) is 1.09. The molecule has 0 unspecified atom stereocenters. The van der Waals surface area contributed by atoms with Gasteiger partial charge in [0.1, 0.15) is 0 Å². The van der Waals surface area contributed by atoms with E-state index in [2.05, 4.69) is 16.7 Å². The monoisotopic (exact) mass is 350 g/mol. The average molecular weight is 351 g/mol. The van der Waals surface area contributed by atoms with Crippen LogP contribution in [0.5, 0.6) is 0 Å². The Bertz CT molecular complexity index is 642. The molecule has 1 aromatic carbocycles. The Kier molecular flexibility index (Phi) is 5.63. The van der Waals surface area contributed by atoms with Gasteiger partial charge in [0.05, 0.1) is 10.6 Å². The molecule has 1 saturated heterocycles. The number of likely N-dealkylation sites (N-methyl/N-ethyl adjacent to an activating group) is 1. The van der Waals surface area contributed by atoms with E-state index in [0.717, 1.165) is 37.2 Å². The second kappa shape index (κ2) is 7.54. The van der Waals surface area contributed by atoms with Crippen molar-refractivity contribution in [3.8, 4) is 0 Å². The summed E-state index contributed by atoms with van der Waals surface area (Å²) in [6.45, 7) is 8.93. The maximum atomic E-state index is 12.5. The fourth-order valence-corrected chi connectivity index (χ4v) is 5.40. The second-order valence-corrected chi connectivity index (χ2v) is 9.50. The number of rotatable bonds is 8. The van der Waals surface area contributed by atoms with Crippen LogP contribution >= 0.6 is 0 Å². The van der Waals surface area contributed by atoms with Crippen LogP contribution in [-0.4, -0.2) is 62.7 Å². The second-order valence-electron chi connectivity index (χ2n) is 7.39. The normalized spacial score (nSPS) is 24.1. The van der Waals surface area contributed by atoms with Gasteiger partial charge >= 0.3 is 0 Å². The molecule has 4 nitrogen and oxygen atoms in total. The van der Waals surface area contributed by atoms with Gasteiger partial charge in [-0.2, -0.15) is 0 Å². The van der Waals surface area contributed by atoms with Gasteiger partial charge in [-0.3, -0.25) is 4.90 Å². The van der Waals surface area contributed by atoms with Crippen molar-refractivity contribution in [2.24, 2.45) is 5.92 Å². The Morgan fingerprint density at radius 2 is 1.92 bits per heavy atom. The van der Waals surface area contributed by atoms with Crippen LogP contribution in [0.3, 0.4) is 0 Å². The van der Waals surface area contributed by atoms with Gasteiger partial charge in [0, 0.05) is 32.2 Å². The largest absolute Gasteiger partial charge is 0.301 e. The molecule has 2 bridgehead atoms. The van der Waals surface area contributed by atoms with Crippen molar-refractivity contribution >= 4 is 9.84 Å². The van der Waals surface area contributed by atoms with Crippen LogP contribution in [0.1, 0.15) is 31.7 Å². The fourth-order valence-electron chi connectivity index (χ4n) is 4.11. The zero-order valence-electron chi connectivity index (χ0n) is 14.9. The first-order chi connectivity index (χ1) is 11.5. The molecule has 0 amide bonds. The van der Waals surface area contributed by atoms with Gasteiger partial charge in [-0.05, 0) is 50.8 Å². The first-order valence-electron chi connectivity index (χ1n) is 9.24. The lowest BCUT2D eigenvalue weighted by Gasteiger charge is -2.29. The van der Waals surface area contributed by atoms with E-state index in [1.165, 1.54) is 25.8 Å². The Labute approximate surface area is 146 Å². The summed E-state index contributed by atoms with van der Waals surface area (Å²) in [5, 5.41) is 0. The number of hydrogen-bond donors (Lipinski definition) is 0. The van der Waals surface area contributed by atoms with Crippen LogP contribution < -0.4 is 0 Å². The molecule has 3 rings (SSSR count). The fraction of sp³-hybridized carbons (Fsp3) is 0.684. The predicted octanol–water partition coefficient (Wildman–Crippen LogP) is 2.57. The van der Waals surface area contributed by atoms with Gasteiger partial charge in [-0.1, -0.05) is 24.6 Å². The number of nitrogens with zero attached hydrogens (tertiary/aromatic N) is 2. The maximum Gasteiger partial charge on any atom is 0.179 e. The van der Waals surface area contributed by atoms with Gasteiger partial charge in [0.25, 0.3) is 0 Å². The minimum absolute atomic E-state index is 0.204. The van der Waals surface area contributed by atoms with Crippen molar-refractivity contribution in [1.82, 2.24) is 9.80 Å². The Balaban J connectivity index is 1.49. The molecule has 24 heavy (non-hydrogen) atoms. The highest BCUT2D eigenvalue weighted by molar-refractivity contribution is 7.91. The molecular weight excluding hydrogens is 320 g/mol. The van der Waals surface area contributed by atoms with Crippen LogP contribution in [0.15, 0.2) is 29.2 Å². The molecule has 1 saturated carbocycles. The third-order valence-electron chi connectivity index (χ3n) is 5.73. The van der Waals surface area contributed by atoms with Crippen molar-refractivity contribution in [1.29, 1.82) is 0 Å². The van der Waals surface area contributed by atoms with Gasteiger partial charge in [-0.15, -0.1) is 0 Å². The summed E-state index contributed by atoms with van der Waals surface area (Å²) in [4.78, 5) is 5.34. The van der Waals surface area contributed by atoms with Gasteiger partial charge < -0.3 is 4.90 Å². The Hall–Kier alpha value is -0.910. The van der Waals surface area contributed by atoms with Crippen LogP contribution in [0, 0.1) is 12.8 Å². The SMILES string of the molecule is CCN(CCN1C[C@H]2CC[C@@H]1C2)CCS(=O)(=O)c1ccc(C)cc1. The number of piperidine rings is 1. The third-order valence-corrected chi connectivity index (χ3v) is 7.44. The highest BCUT2D eigenvalue weighted by atomic mass is 32.2. The van der Waals surface area contributed by atoms with Gasteiger partial charge in [0.2, 0.25) is 0 Å². The number of likely N-dealkylation sites (tertiary alicyclic amines) is 1. The van der Waals surface area contributed by atoms with Crippen molar-refractivity contribution in [3.05, 3.63) is 29.8 Å². The summed E-state index contributed by atoms with van der Waals surface area (Å²) in [6, 6.07) is 7.98. The number of fused-ring (bicyclic) bond motifs is 2. The quantitative estimate of drug-likeness (QED) is 0.722. The van der Waals surface area contributed by atoms with E-state index in [1.807, 2.05) is 19.1 Å². The molecule has 134 valence electrons. The summed E-state index contributed by atoms with van der Waals surface area (Å²) >= 11 is 0. The summed E-state index contributed by atoms with van der Waals surface area (Å²) < 4.78 is 25.0. The van der Waals surface area contributed by atoms with E-state index in [9.17, 15) is 8.42 Å². The molecule has 0 radical (unpaired) electrons. The number of hydrogen-bond acceptors (Lipinski definition) is 4. The standard InChI is InChI=1S/C19H30N2O2S/c1-3-20(10-11-21-15-17-6-7-18(21)14-17)12-13-24(22,23)19-8-4-16(2)5-9-19/h4-5,8-9,17-18H,3,6-7,10-15H2,1-2H3/t17-,18+/m0/s1. The Morgan fingerprint density at radius 3 is 2.50 bits per heavy atom.